The minimum atomic E-state index is -0.304. The zero-order valence-corrected chi connectivity index (χ0v) is 16.4. The Bertz CT molecular complexity index is 935. The van der Waals surface area contributed by atoms with Crippen LogP contribution in [0.4, 0.5) is 5.69 Å². The summed E-state index contributed by atoms with van der Waals surface area (Å²) in [5.41, 5.74) is 2.42. The first-order valence-corrected chi connectivity index (χ1v) is 9.80. The lowest BCUT2D eigenvalue weighted by atomic mass is 10.0. The topological polar surface area (TPSA) is 56.9 Å². The van der Waals surface area contributed by atoms with Crippen LogP contribution in [-0.2, 0) is 4.74 Å². The number of carbonyl (C=O) groups excluding carboxylic acids is 1. The van der Waals surface area contributed by atoms with E-state index in [9.17, 15) is 4.79 Å². The zero-order chi connectivity index (χ0) is 19.2. The van der Waals surface area contributed by atoms with Crippen molar-refractivity contribution in [1.29, 1.82) is 0 Å². The van der Waals surface area contributed by atoms with Crippen LogP contribution < -0.4 is 15.2 Å². The van der Waals surface area contributed by atoms with E-state index in [1.807, 2.05) is 19.1 Å². The van der Waals surface area contributed by atoms with Gasteiger partial charge in [0.15, 0.2) is 6.20 Å². The molecule has 0 unspecified atom stereocenters. The summed E-state index contributed by atoms with van der Waals surface area (Å²) in [6.45, 7) is 10.6. The number of fused-ring (bicyclic) bond motifs is 3. The van der Waals surface area contributed by atoms with Crippen LogP contribution in [0.5, 0.6) is 0 Å². The predicted molar refractivity (Wildman–Crippen MR) is 109 cm³/mol. The van der Waals surface area contributed by atoms with Crippen LogP contribution in [0, 0.1) is 0 Å². The molecule has 2 aromatic carbocycles. The Balaban J connectivity index is 2.05. The molecule has 0 atom stereocenters. The van der Waals surface area contributed by atoms with Crippen molar-refractivity contribution in [3.8, 4) is 0 Å². The van der Waals surface area contributed by atoms with Crippen LogP contribution in [-0.4, -0.2) is 38.8 Å². The number of aromatic amines is 1. The molecule has 5 nitrogen and oxygen atoms in total. The Morgan fingerprint density at radius 2 is 1.85 bits per heavy atom. The van der Waals surface area contributed by atoms with Gasteiger partial charge in [-0.2, -0.15) is 0 Å². The number of nitrogens with one attached hydrogen (secondary N) is 3. The second kappa shape index (κ2) is 8.82. The van der Waals surface area contributed by atoms with E-state index in [2.05, 4.69) is 48.4 Å². The maximum atomic E-state index is 12.5. The van der Waals surface area contributed by atoms with E-state index >= 15 is 0 Å². The fraction of sp³-hybridized carbons (Fsp3) is 0.364. The molecular formula is C22H29N3O2+2. The molecule has 3 aromatic rings. The van der Waals surface area contributed by atoms with Crippen LogP contribution in [0.3, 0.4) is 0 Å². The molecule has 5 heteroatoms. The van der Waals surface area contributed by atoms with Gasteiger partial charge in [-0.1, -0.05) is 24.3 Å². The third-order valence-corrected chi connectivity index (χ3v) is 5.10. The molecule has 0 amide bonds. The molecule has 27 heavy (non-hydrogen) atoms. The number of likely N-dealkylation sites (N-methyl/N-ethyl adjacent to an activating group) is 1. The molecule has 0 bridgehead atoms. The summed E-state index contributed by atoms with van der Waals surface area (Å²) in [5.74, 6) is -0.304. The van der Waals surface area contributed by atoms with Crippen molar-refractivity contribution in [1.82, 2.24) is 0 Å². The highest BCUT2D eigenvalue weighted by atomic mass is 16.5. The number of quaternary nitrogens is 1. The van der Waals surface area contributed by atoms with Gasteiger partial charge in [0.05, 0.1) is 49.2 Å². The molecule has 0 fully saturated rings. The Morgan fingerprint density at radius 3 is 2.59 bits per heavy atom. The van der Waals surface area contributed by atoms with E-state index in [4.69, 9.17) is 4.74 Å². The first-order valence-electron chi connectivity index (χ1n) is 9.80. The number of pyridine rings is 1. The largest absolute Gasteiger partial charge is 0.462 e. The van der Waals surface area contributed by atoms with E-state index in [0.717, 1.165) is 48.2 Å². The number of carbonyl (C=O) groups is 1. The molecule has 3 rings (SSSR count). The van der Waals surface area contributed by atoms with Crippen LogP contribution in [0.15, 0.2) is 42.6 Å². The molecular weight excluding hydrogens is 338 g/mol. The highest BCUT2D eigenvalue weighted by Crippen LogP contribution is 2.29. The van der Waals surface area contributed by atoms with E-state index in [1.165, 1.54) is 10.3 Å². The van der Waals surface area contributed by atoms with Crippen molar-refractivity contribution >= 4 is 33.3 Å². The van der Waals surface area contributed by atoms with Crippen LogP contribution >= 0.6 is 0 Å². The standard InChI is InChI=1S/C22H27N3O2/c1-4-25(5-2)14-13-23-21-18-12-11-16-9-7-8-10-17(16)20(18)24-15-19(21)22(26)27-6-3/h7-12,15H,4-6,13-14H2,1-3H3,(H,23,24)/p+2. The normalized spacial score (nSPS) is 11.3. The molecule has 0 aliphatic carbocycles. The van der Waals surface area contributed by atoms with Gasteiger partial charge in [0.2, 0.25) is 5.52 Å². The molecule has 142 valence electrons. The summed E-state index contributed by atoms with van der Waals surface area (Å²) < 4.78 is 5.27. The number of hydrogen-bond donors (Lipinski definition) is 2. The monoisotopic (exact) mass is 367 g/mol. The van der Waals surface area contributed by atoms with Crippen LogP contribution in [0.25, 0.3) is 21.7 Å². The maximum absolute atomic E-state index is 12.5. The predicted octanol–water partition coefficient (Wildman–Crippen LogP) is 2.32. The lowest BCUT2D eigenvalue weighted by molar-refractivity contribution is -0.894. The van der Waals surface area contributed by atoms with Crippen LogP contribution in [0.2, 0.25) is 0 Å². The summed E-state index contributed by atoms with van der Waals surface area (Å²) in [4.78, 5) is 17.3. The van der Waals surface area contributed by atoms with Gasteiger partial charge in [-0.25, -0.2) is 9.78 Å². The third-order valence-electron chi connectivity index (χ3n) is 5.10. The van der Waals surface area contributed by atoms with Crippen molar-refractivity contribution in [2.45, 2.75) is 20.8 Å². The number of ether oxygens (including phenoxy) is 1. The highest BCUT2D eigenvalue weighted by molar-refractivity contribution is 6.11. The van der Waals surface area contributed by atoms with Crippen molar-refractivity contribution in [3.05, 3.63) is 48.2 Å². The lowest BCUT2D eigenvalue weighted by Gasteiger charge is -2.17. The van der Waals surface area contributed by atoms with Crippen molar-refractivity contribution in [2.24, 2.45) is 0 Å². The molecule has 3 N–H and O–H groups in total. The Morgan fingerprint density at radius 1 is 1.07 bits per heavy atom. The molecule has 0 saturated carbocycles. The van der Waals surface area contributed by atoms with Crippen molar-refractivity contribution < 1.29 is 19.4 Å². The van der Waals surface area contributed by atoms with Gasteiger partial charge < -0.3 is 15.0 Å². The maximum Gasteiger partial charge on any atom is 0.346 e. The number of rotatable bonds is 8. The van der Waals surface area contributed by atoms with Crippen LogP contribution in [0.1, 0.15) is 31.1 Å². The molecule has 0 aliphatic heterocycles. The molecule has 0 spiro atoms. The van der Waals surface area contributed by atoms with Gasteiger partial charge in [0, 0.05) is 0 Å². The Kier molecular flexibility index (Phi) is 6.24. The second-order valence-electron chi connectivity index (χ2n) is 6.64. The summed E-state index contributed by atoms with van der Waals surface area (Å²) >= 11 is 0. The SMILES string of the molecule is CCOC(=O)c1c[nH+]c2c(ccc3ccccc32)c1NCC[NH+](CC)CC. The van der Waals surface area contributed by atoms with E-state index in [0.29, 0.717) is 12.2 Å². The third kappa shape index (κ3) is 4.03. The van der Waals surface area contributed by atoms with Crippen molar-refractivity contribution in [2.75, 3.05) is 38.1 Å². The number of hydrogen-bond acceptors (Lipinski definition) is 3. The number of aromatic nitrogens is 1. The van der Waals surface area contributed by atoms with Gasteiger partial charge in [0.1, 0.15) is 5.56 Å². The van der Waals surface area contributed by atoms with Gasteiger partial charge in [-0.05, 0) is 38.3 Å². The molecule has 1 aromatic heterocycles. The van der Waals surface area contributed by atoms with E-state index in [-0.39, 0.29) is 5.97 Å². The minimum Gasteiger partial charge on any atom is -0.462 e. The Hall–Kier alpha value is -2.66. The van der Waals surface area contributed by atoms with Gasteiger partial charge in [-0.3, -0.25) is 0 Å². The molecule has 1 heterocycles. The number of esters is 1. The molecule has 0 aliphatic rings. The summed E-state index contributed by atoms with van der Waals surface area (Å²) in [6.07, 6.45) is 1.76. The Labute approximate surface area is 160 Å². The number of anilines is 1. The van der Waals surface area contributed by atoms with Gasteiger partial charge in [0.25, 0.3) is 0 Å². The number of benzene rings is 2. The number of H-pyrrole nitrogens is 1. The fourth-order valence-corrected chi connectivity index (χ4v) is 3.53. The van der Waals surface area contributed by atoms with E-state index < -0.39 is 0 Å². The van der Waals surface area contributed by atoms with E-state index in [1.54, 1.807) is 6.20 Å². The summed E-state index contributed by atoms with van der Waals surface area (Å²) in [7, 11) is 0. The van der Waals surface area contributed by atoms with Gasteiger partial charge >= 0.3 is 5.97 Å². The first kappa shape index (κ1) is 19.1. The fourth-order valence-electron chi connectivity index (χ4n) is 3.53. The minimum absolute atomic E-state index is 0.304. The average molecular weight is 367 g/mol. The second-order valence-corrected chi connectivity index (χ2v) is 6.64. The van der Waals surface area contributed by atoms with Crippen molar-refractivity contribution in [3.63, 3.8) is 0 Å². The first-order chi connectivity index (χ1) is 13.2. The molecule has 0 saturated heterocycles. The zero-order valence-electron chi connectivity index (χ0n) is 16.4. The summed E-state index contributed by atoms with van der Waals surface area (Å²) in [6, 6.07) is 12.4. The quantitative estimate of drug-likeness (QED) is 0.475. The highest BCUT2D eigenvalue weighted by Gasteiger charge is 2.21. The molecule has 0 radical (unpaired) electrons. The smallest absolute Gasteiger partial charge is 0.346 e. The summed E-state index contributed by atoms with van der Waals surface area (Å²) in [5, 5.41) is 6.84. The lowest BCUT2D eigenvalue weighted by Crippen LogP contribution is -3.12. The van der Waals surface area contributed by atoms with Gasteiger partial charge in [-0.15, -0.1) is 0 Å². The average Bonchev–Trinajstić information content (AvgIpc) is 2.71.